The van der Waals surface area contributed by atoms with E-state index in [1.165, 1.54) is 25.7 Å². The molecule has 0 unspecified atom stereocenters. The Hall–Kier alpha value is -1.42. The maximum Gasteiger partial charge on any atom is 0.193 e. The molecular weight excluding hydrogens is 298 g/mol. The van der Waals surface area contributed by atoms with Gasteiger partial charge >= 0.3 is 0 Å². The van der Waals surface area contributed by atoms with E-state index in [9.17, 15) is 0 Å². The fraction of sp³-hybridized carbons (Fsp3) is 0.588. The highest BCUT2D eigenvalue weighted by molar-refractivity contribution is 6.32. The van der Waals surface area contributed by atoms with Gasteiger partial charge in [0.05, 0.1) is 11.6 Å². The lowest BCUT2D eigenvalue weighted by Gasteiger charge is -2.38. The molecule has 1 aromatic carbocycles. The number of nitrogens with zero attached hydrogens (tertiary/aromatic N) is 2. The van der Waals surface area contributed by atoms with Gasteiger partial charge in [0, 0.05) is 20.1 Å². The van der Waals surface area contributed by atoms with Crippen molar-refractivity contribution in [3.8, 4) is 5.75 Å². The summed E-state index contributed by atoms with van der Waals surface area (Å²) in [6.45, 7) is 3.56. The zero-order chi connectivity index (χ0) is 15.4. The van der Waals surface area contributed by atoms with Crippen molar-refractivity contribution in [2.45, 2.75) is 25.7 Å². The van der Waals surface area contributed by atoms with Gasteiger partial charge in [0.1, 0.15) is 12.4 Å². The standard InChI is InChI=1S/C17H24ClN3O/c1-19-16(21-11-9-17(13-21)7-4-8-17)20-10-12-22-15-6-3-2-5-14(15)18/h2-3,5-6H,4,7-13H2,1H3,(H,19,20). The molecule has 5 heteroatoms. The van der Waals surface area contributed by atoms with E-state index in [4.69, 9.17) is 16.3 Å². The highest BCUT2D eigenvalue weighted by Gasteiger charge is 2.43. The van der Waals surface area contributed by atoms with Gasteiger partial charge in [0.25, 0.3) is 0 Å². The second-order valence-corrected chi connectivity index (χ2v) is 6.69. The van der Waals surface area contributed by atoms with Crippen molar-refractivity contribution < 1.29 is 4.74 Å². The van der Waals surface area contributed by atoms with E-state index < -0.39 is 0 Å². The van der Waals surface area contributed by atoms with Gasteiger partial charge in [-0.1, -0.05) is 30.2 Å². The Morgan fingerprint density at radius 3 is 2.82 bits per heavy atom. The molecule has 120 valence electrons. The molecule has 2 fully saturated rings. The Kier molecular flexibility index (Phi) is 4.77. The second kappa shape index (κ2) is 6.78. The molecule has 3 rings (SSSR count). The van der Waals surface area contributed by atoms with Crippen LogP contribution < -0.4 is 10.1 Å². The van der Waals surface area contributed by atoms with Gasteiger partial charge in [-0.05, 0) is 36.8 Å². The first-order valence-corrected chi connectivity index (χ1v) is 8.43. The molecule has 0 aromatic heterocycles. The summed E-state index contributed by atoms with van der Waals surface area (Å²) >= 11 is 6.07. The van der Waals surface area contributed by atoms with Gasteiger partial charge in [-0.15, -0.1) is 0 Å². The smallest absolute Gasteiger partial charge is 0.193 e. The predicted molar refractivity (Wildman–Crippen MR) is 90.8 cm³/mol. The van der Waals surface area contributed by atoms with Gasteiger partial charge in [0.2, 0.25) is 0 Å². The van der Waals surface area contributed by atoms with Gasteiger partial charge in [-0.2, -0.15) is 0 Å². The van der Waals surface area contributed by atoms with Crippen LogP contribution in [0, 0.1) is 5.41 Å². The average Bonchev–Trinajstić information content (AvgIpc) is 2.95. The van der Waals surface area contributed by atoms with Crippen molar-refractivity contribution in [1.82, 2.24) is 10.2 Å². The van der Waals surface area contributed by atoms with E-state index in [0.717, 1.165) is 31.3 Å². The molecule has 22 heavy (non-hydrogen) atoms. The number of guanidine groups is 1. The van der Waals surface area contributed by atoms with E-state index >= 15 is 0 Å². The highest BCUT2D eigenvalue weighted by atomic mass is 35.5. The number of hydrogen-bond donors (Lipinski definition) is 1. The van der Waals surface area contributed by atoms with Crippen molar-refractivity contribution >= 4 is 17.6 Å². The van der Waals surface area contributed by atoms with Crippen molar-refractivity contribution in [2.24, 2.45) is 10.4 Å². The summed E-state index contributed by atoms with van der Waals surface area (Å²) < 4.78 is 5.70. The molecule has 1 aromatic rings. The number of likely N-dealkylation sites (tertiary alicyclic amines) is 1. The molecule has 2 aliphatic rings. The quantitative estimate of drug-likeness (QED) is 0.526. The van der Waals surface area contributed by atoms with Gasteiger partial charge in [0.15, 0.2) is 5.96 Å². The van der Waals surface area contributed by atoms with Crippen molar-refractivity contribution in [1.29, 1.82) is 0 Å². The van der Waals surface area contributed by atoms with Crippen LogP contribution in [0.1, 0.15) is 25.7 Å². The summed E-state index contributed by atoms with van der Waals surface area (Å²) in [7, 11) is 1.85. The van der Waals surface area contributed by atoms with Gasteiger partial charge in [-0.3, -0.25) is 4.99 Å². The van der Waals surface area contributed by atoms with Crippen molar-refractivity contribution in [2.75, 3.05) is 33.3 Å². The molecule has 0 amide bonds. The predicted octanol–water partition coefficient (Wildman–Crippen LogP) is 3.17. The SMILES string of the molecule is CN=C(NCCOc1ccccc1Cl)N1CCC2(CCC2)C1. The highest BCUT2D eigenvalue weighted by Crippen LogP contribution is 2.47. The van der Waals surface area contributed by atoms with Crippen LogP contribution in [0.3, 0.4) is 0 Å². The monoisotopic (exact) mass is 321 g/mol. The van der Waals surface area contributed by atoms with E-state index in [1.807, 2.05) is 31.3 Å². The molecule has 1 saturated carbocycles. The minimum absolute atomic E-state index is 0.571. The normalized spacial score (nSPS) is 20.1. The molecule has 1 aliphatic heterocycles. The minimum Gasteiger partial charge on any atom is -0.490 e. The summed E-state index contributed by atoms with van der Waals surface area (Å²) in [5.74, 6) is 1.72. The number of benzene rings is 1. The van der Waals surface area contributed by atoms with Gasteiger partial charge in [-0.25, -0.2) is 0 Å². The van der Waals surface area contributed by atoms with Crippen LogP contribution >= 0.6 is 11.6 Å². The number of aliphatic imine (C=N–C) groups is 1. The molecule has 0 atom stereocenters. The lowest BCUT2D eigenvalue weighted by Crippen LogP contribution is -2.43. The Morgan fingerprint density at radius 2 is 2.18 bits per heavy atom. The van der Waals surface area contributed by atoms with Crippen LogP contribution in [0.4, 0.5) is 0 Å². The molecule has 1 saturated heterocycles. The Labute approximate surface area is 137 Å². The topological polar surface area (TPSA) is 36.9 Å². The number of rotatable bonds is 4. The van der Waals surface area contributed by atoms with Crippen LogP contribution in [0.5, 0.6) is 5.75 Å². The molecule has 0 bridgehead atoms. The number of nitrogens with one attached hydrogen (secondary N) is 1. The van der Waals surface area contributed by atoms with Gasteiger partial charge < -0.3 is 15.0 Å². The third-order valence-electron chi connectivity index (χ3n) is 4.84. The zero-order valence-electron chi connectivity index (χ0n) is 13.1. The fourth-order valence-corrected chi connectivity index (χ4v) is 3.61. The molecule has 1 spiro atoms. The lowest BCUT2D eigenvalue weighted by atomic mass is 9.68. The average molecular weight is 322 g/mol. The molecular formula is C17H24ClN3O. The van der Waals surface area contributed by atoms with E-state index in [0.29, 0.717) is 17.0 Å². The molecule has 1 heterocycles. The van der Waals surface area contributed by atoms with E-state index in [1.54, 1.807) is 0 Å². The summed E-state index contributed by atoms with van der Waals surface area (Å²) in [6, 6.07) is 7.55. The third kappa shape index (κ3) is 3.32. The number of hydrogen-bond acceptors (Lipinski definition) is 2. The van der Waals surface area contributed by atoms with Crippen LogP contribution in [-0.2, 0) is 0 Å². The van der Waals surface area contributed by atoms with E-state index in [-0.39, 0.29) is 0 Å². The first-order valence-electron chi connectivity index (χ1n) is 8.05. The molecule has 0 radical (unpaired) electrons. The fourth-order valence-electron chi connectivity index (χ4n) is 3.42. The second-order valence-electron chi connectivity index (χ2n) is 6.28. The van der Waals surface area contributed by atoms with Crippen molar-refractivity contribution in [3.63, 3.8) is 0 Å². The van der Waals surface area contributed by atoms with Crippen LogP contribution in [0.2, 0.25) is 5.02 Å². The van der Waals surface area contributed by atoms with Crippen molar-refractivity contribution in [3.05, 3.63) is 29.3 Å². The van der Waals surface area contributed by atoms with Crippen LogP contribution in [0.15, 0.2) is 29.3 Å². The number of ether oxygens (including phenoxy) is 1. The van der Waals surface area contributed by atoms with E-state index in [2.05, 4.69) is 15.2 Å². The summed E-state index contributed by atoms with van der Waals surface area (Å²) in [6.07, 6.45) is 5.47. The maximum atomic E-state index is 6.07. The zero-order valence-corrected chi connectivity index (χ0v) is 13.9. The first-order chi connectivity index (χ1) is 10.7. The Balaban J connectivity index is 1.43. The minimum atomic E-state index is 0.571. The summed E-state index contributed by atoms with van der Waals surface area (Å²) in [5, 5.41) is 4.05. The number of para-hydroxylation sites is 1. The third-order valence-corrected chi connectivity index (χ3v) is 5.16. The molecule has 1 aliphatic carbocycles. The molecule has 1 N–H and O–H groups in total. The van der Waals surface area contributed by atoms with Crippen LogP contribution in [0.25, 0.3) is 0 Å². The summed E-state index contributed by atoms with van der Waals surface area (Å²) in [4.78, 5) is 6.79. The van der Waals surface area contributed by atoms with Crippen LogP contribution in [-0.4, -0.2) is 44.1 Å². The maximum absolute atomic E-state index is 6.07. The first kappa shape index (κ1) is 15.5. The Bertz CT molecular complexity index is 542. The summed E-state index contributed by atoms with van der Waals surface area (Å²) in [5.41, 5.74) is 0.589. The number of halogens is 1. The lowest BCUT2D eigenvalue weighted by molar-refractivity contribution is 0.151. The molecule has 4 nitrogen and oxygen atoms in total. The largest absolute Gasteiger partial charge is 0.490 e. The Morgan fingerprint density at radius 1 is 1.36 bits per heavy atom.